The van der Waals surface area contributed by atoms with Crippen LogP contribution in [0.1, 0.15) is 70.8 Å². The van der Waals surface area contributed by atoms with Crippen molar-refractivity contribution in [3.8, 4) is 11.5 Å². The first-order chi connectivity index (χ1) is 17.3. The SMILES string of the molecule is C[C@@H]1C[C@@H]2O[C@H]2/C=C\C=C\C(=O)Cc2cc(O[Si](C)(C)C(C)(C)C)cc(O[Si](C)(C)C(C)(C)C)c2C(=O)O1. The van der Waals surface area contributed by atoms with Gasteiger partial charge in [0, 0.05) is 18.9 Å². The fourth-order valence-electron chi connectivity index (χ4n) is 3.75. The topological polar surface area (TPSA) is 74.4 Å². The molecule has 1 fully saturated rings. The molecule has 0 amide bonds. The van der Waals surface area contributed by atoms with Crippen molar-refractivity contribution in [2.45, 2.75) is 116 Å². The van der Waals surface area contributed by atoms with Crippen molar-refractivity contribution in [1.82, 2.24) is 0 Å². The lowest BCUT2D eigenvalue weighted by atomic mass is 10.00. The number of ether oxygens (including phenoxy) is 2. The highest BCUT2D eigenvalue weighted by atomic mass is 28.4. The zero-order chi connectivity index (χ0) is 28.7. The van der Waals surface area contributed by atoms with E-state index in [1.54, 1.807) is 6.08 Å². The monoisotopic (exact) mass is 558 g/mol. The van der Waals surface area contributed by atoms with Crippen LogP contribution >= 0.6 is 0 Å². The van der Waals surface area contributed by atoms with Gasteiger partial charge < -0.3 is 18.3 Å². The van der Waals surface area contributed by atoms with E-state index in [2.05, 4.69) is 67.7 Å². The minimum Gasteiger partial charge on any atom is -0.543 e. The van der Waals surface area contributed by atoms with E-state index >= 15 is 0 Å². The third-order valence-corrected chi connectivity index (χ3v) is 17.0. The lowest BCUT2D eigenvalue weighted by molar-refractivity contribution is -0.114. The van der Waals surface area contributed by atoms with Gasteiger partial charge in [0.1, 0.15) is 29.3 Å². The molecule has 0 aromatic heterocycles. The number of esters is 1. The molecule has 210 valence electrons. The second-order valence-electron chi connectivity index (χ2n) is 13.7. The summed E-state index contributed by atoms with van der Waals surface area (Å²) < 4.78 is 25.0. The summed E-state index contributed by atoms with van der Waals surface area (Å²) in [6.07, 6.45) is 7.32. The van der Waals surface area contributed by atoms with Crippen molar-refractivity contribution in [2.24, 2.45) is 0 Å². The molecular weight excluding hydrogens is 512 g/mol. The number of epoxide rings is 1. The highest BCUT2D eigenvalue weighted by molar-refractivity contribution is 6.75. The third kappa shape index (κ3) is 7.27. The van der Waals surface area contributed by atoms with Gasteiger partial charge in [-0.1, -0.05) is 59.8 Å². The number of carbonyl (C=O) groups excluding carboxylic acids is 2. The quantitative estimate of drug-likeness (QED) is 0.218. The molecule has 1 aromatic rings. The predicted octanol–water partition coefficient (Wildman–Crippen LogP) is 7.40. The Morgan fingerprint density at radius 3 is 2.11 bits per heavy atom. The van der Waals surface area contributed by atoms with E-state index in [0.717, 1.165) is 0 Å². The van der Waals surface area contributed by atoms with Gasteiger partial charge in [-0.2, -0.15) is 0 Å². The molecule has 0 radical (unpaired) electrons. The van der Waals surface area contributed by atoms with Gasteiger partial charge in [0.15, 0.2) is 5.78 Å². The molecule has 0 saturated carbocycles. The first-order valence-electron chi connectivity index (χ1n) is 13.6. The maximum absolute atomic E-state index is 13.7. The molecule has 2 aliphatic rings. The molecule has 2 aliphatic heterocycles. The smallest absolute Gasteiger partial charge is 0.342 e. The Morgan fingerprint density at radius 2 is 1.50 bits per heavy atom. The Kier molecular flexibility index (Phi) is 8.61. The van der Waals surface area contributed by atoms with Crippen LogP contribution in [0.25, 0.3) is 0 Å². The molecule has 1 aromatic carbocycles. The van der Waals surface area contributed by atoms with Gasteiger partial charge in [0.05, 0.1) is 6.10 Å². The molecule has 1 saturated heterocycles. The van der Waals surface area contributed by atoms with Gasteiger partial charge in [-0.3, -0.25) is 4.79 Å². The zero-order valence-electron chi connectivity index (χ0n) is 25.1. The van der Waals surface area contributed by atoms with Crippen molar-refractivity contribution in [3.63, 3.8) is 0 Å². The van der Waals surface area contributed by atoms with Gasteiger partial charge in [-0.25, -0.2) is 4.79 Å². The Bertz CT molecular complexity index is 1120. The Morgan fingerprint density at radius 1 is 0.895 bits per heavy atom. The Hall–Kier alpha value is -2.17. The summed E-state index contributed by atoms with van der Waals surface area (Å²) in [5.74, 6) is 0.452. The van der Waals surface area contributed by atoms with Gasteiger partial charge >= 0.3 is 5.97 Å². The molecule has 2 heterocycles. The number of rotatable bonds is 4. The van der Waals surface area contributed by atoms with E-state index in [9.17, 15) is 9.59 Å². The summed E-state index contributed by atoms with van der Waals surface area (Å²) in [4.78, 5) is 26.7. The van der Waals surface area contributed by atoms with Gasteiger partial charge in [-0.05, 0) is 60.9 Å². The first kappa shape index (κ1) is 30.4. The normalized spacial score (nSPS) is 24.9. The maximum atomic E-state index is 13.7. The van der Waals surface area contributed by atoms with Crippen LogP contribution in [-0.4, -0.2) is 46.7 Å². The molecule has 3 atom stereocenters. The number of allylic oxidation sites excluding steroid dienone is 3. The number of cyclic esters (lactones) is 1. The average Bonchev–Trinajstić information content (AvgIpc) is 3.45. The second-order valence-corrected chi connectivity index (χ2v) is 23.1. The predicted molar refractivity (Wildman–Crippen MR) is 157 cm³/mol. The number of ketones is 1. The van der Waals surface area contributed by atoms with Crippen LogP contribution in [0.2, 0.25) is 36.3 Å². The second kappa shape index (κ2) is 10.8. The number of benzene rings is 1. The third-order valence-electron chi connectivity index (χ3n) is 8.26. The fourth-order valence-corrected chi connectivity index (χ4v) is 5.78. The van der Waals surface area contributed by atoms with Crippen LogP contribution in [0, 0.1) is 0 Å². The summed E-state index contributed by atoms with van der Waals surface area (Å²) >= 11 is 0. The highest BCUT2D eigenvalue weighted by Gasteiger charge is 2.42. The van der Waals surface area contributed by atoms with E-state index in [1.165, 1.54) is 6.08 Å². The minimum absolute atomic E-state index is 0.00359. The summed E-state index contributed by atoms with van der Waals surface area (Å²) in [6, 6.07) is 3.66. The molecule has 0 unspecified atom stereocenters. The molecule has 38 heavy (non-hydrogen) atoms. The lowest BCUT2D eigenvalue weighted by Crippen LogP contribution is -2.45. The Labute approximate surface area is 231 Å². The van der Waals surface area contributed by atoms with Crippen LogP contribution in [-0.2, 0) is 20.7 Å². The summed E-state index contributed by atoms with van der Waals surface area (Å²) in [7, 11) is -4.56. The van der Waals surface area contributed by atoms with Gasteiger partial charge in [-0.15, -0.1) is 0 Å². The molecule has 8 heteroatoms. The molecule has 6 nitrogen and oxygen atoms in total. The van der Waals surface area contributed by atoms with Crippen molar-refractivity contribution in [3.05, 3.63) is 47.6 Å². The van der Waals surface area contributed by atoms with E-state index in [0.29, 0.717) is 29.0 Å². The van der Waals surface area contributed by atoms with Crippen LogP contribution < -0.4 is 8.85 Å². The van der Waals surface area contributed by atoms with Crippen molar-refractivity contribution >= 4 is 28.4 Å². The zero-order valence-corrected chi connectivity index (χ0v) is 27.1. The van der Waals surface area contributed by atoms with Gasteiger partial charge in [0.25, 0.3) is 8.32 Å². The fraction of sp³-hybridized carbons (Fsp3) is 0.600. The molecule has 3 rings (SSSR count). The van der Waals surface area contributed by atoms with E-state index < -0.39 is 22.6 Å². The molecule has 0 spiro atoms. The maximum Gasteiger partial charge on any atom is 0.342 e. The number of hydrogen-bond acceptors (Lipinski definition) is 6. The largest absolute Gasteiger partial charge is 0.543 e. The van der Waals surface area contributed by atoms with Crippen molar-refractivity contribution < 1.29 is 27.9 Å². The van der Waals surface area contributed by atoms with Crippen LogP contribution in [0.3, 0.4) is 0 Å². The standard InChI is InChI=1S/C30H46O6Si2/c1-20-16-25-24(34-25)15-13-12-14-22(31)17-21-18-23(35-37(8,9)29(2,3)4)19-26(27(21)28(32)33-20)36-38(10,11)30(5,6)7/h12-15,18-20,24-25H,16-17H2,1-11H3/b14-12+,15-13-/t20-,24+,25+/m1/s1. The van der Waals surface area contributed by atoms with Gasteiger partial charge in [0.2, 0.25) is 8.32 Å². The van der Waals surface area contributed by atoms with Crippen molar-refractivity contribution in [2.75, 3.05) is 0 Å². The highest BCUT2D eigenvalue weighted by Crippen LogP contribution is 2.43. The number of fused-ring (bicyclic) bond motifs is 2. The van der Waals surface area contributed by atoms with Crippen molar-refractivity contribution in [1.29, 1.82) is 0 Å². The van der Waals surface area contributed by atoms with Crippen LogP contribution in [0.4, 0.5) is 0 Å². The van der Waals surface area contributed by atoms with E-state index in [-0.39, 0.29) is 40.6 Å². The van der Waals surface area contributed by atoms with E-state index in [4.69, 9.17) is 18.3 Å². The molecule has 0 aliphatic carbocycles. The van der Waals surface area contributed by atoms with Crippen LogP contribution in [0.15, 0.2) is 36.4 Å². The Balaban J connectivity index is 2.17. The molecular formula is C30H46O6Si2. The summed E-state index contributed by atoms with van der Waals surface area (Å²) in [6.45, 7) is 23.5. The molecule has 0 bridgehead atoms. The number of hydrogen-bond donors (Lipinski definition) is 0. The summed E-state index contributed by atoms with van der Waals surface area (Å²) in [5, 5.41) is -0.125. The first-order valence-corrected chi connectivity index (χ1v) is 19.4. The molecule has 0 N–H and O–H groups in total. The number of carbonyl (C=O) groups is 2. The minimum atomic E-state index is -2.36. The lowest BCUT2D eigenvalue weighted by Gasteiger charge is -2.38. The van der Waals surface area contributed by atoms with E-state index in [1.807, 2.05) is 31.2 Å². The average molecular weight is 559 g/mol. The summed E-state index contributed by atoms with van der Waals surface area (Å²) in [5.41, 5.74) is 0.871. The van der Waals surface area contributed by atoms with Crippen LogP contribution in [0.5, 0.6) is 11.5 Å².